The van der Waals surface area contributed by atoms with E-state index < -0.39 is 0 Å². The number of hydrogen-bond donors (Lipinski definition) is 0. The Kier molecular flexibility index (Phi) is 4.86. The molecule has 5 aromatic rings. The highest BCUT2D eigenvalue weighted by Gasteiger charge is 2.14. The molecule has 0 spiro atoms. The first-order valence-corrected chi connectivity index (χ1v) is 11.4. The summed E-state index contributed by atoms with van der Waals surface area (Å²) in [4.78, 5) is 19.2. The van der Waals surface area contributed by atoms with Crippen LogP contribution in [0.4, 0.5) is 0 Å². The normalized spacial score (nSPS) is 11.1. The molecule has 136 valence electrons. The molecule has 0 amide bonds. The average Bonchev–Trinajstić information content (AvgIpc) is 3.41. The van der Waals surface area contributed by atoms with E-state index in [9.17, 15) is 0 Å². The Bertz CT molecular complexity index is 1220. The summed E-state index contributed by atoms with van der Waals surface area (Å²) in [6, 6.07) is 16.3. The lowest BCUT2D eigenvalue weighted by Gasteiger charge is -2.04. The fourth-order valence-corrected chi connectivity index (χ4v) is 5.70. The lowest BCUT2D eigenvalue weighted by Crippen LogP contribution is -1.88. The Morgan fingerprint density at radius 1 is 0.857 bits per heavy atom. The van der Waals surface area contributed by atoms with Crippen molar-refractivity contribution in [3.05, 3.63) is 77.5 Å². The van der Waals surface area contributed by atoms with Gasteiger partial charge in [0, 0.05) is 28.3 Å². The first-order chi connectivity index (χ1) is 13.9. The standard InChI is InChI=1S/C21H14N4S3/c1-2-6-14(7-3-1)16-12-28-21-18(16)20(23-13-24-21)27-11-15-10-26-19(25-15)17-8-4-5-9-22-17/h1-10,12-13H,11H2. The SMILES string of the molecule is c1ccc(-c2csc3ncnc(SCc4csc(-c5ccccn5)n4)c23)cc1. The zero-order chi connectivity index (χ0) is 18.8. The van der Waals surface area contributed by atoms with Gasteiger partial charge in [0.05, 0.1) is 16.8 Å². The molecule has 0 aliphatic rings. The average molecular weight is 419 g/mol. The van der Waals surface area contributed by atoms with Crippen LogP contribution in [0.25, 0.3) is 32.0 Å². The summed E-state index contributed by atoms with van der Waals surface area (Å²) in [6.07, 6.45) is 3.45. The highest BCUT2D eigenvalue weighted by atomic mass is 32.2. The van der Waals surface area contributed by atoms with Crippen LogP contribution in [0, 0.1) is 0 Å². The first kappa shape index (κ1) is 17.5. The van der Waals surface area contributed by atoms with Crippen molar-refractivity contribution in [1.29, 1.82) is 0 Å². The Labute approximate surface area is 174 Å². The van der Waals surface area contributed by atoms with E-state index in [0.717, 1.165) is 37.4 Å². The molecule has 0 fully saturated rings. The zero-order valence-corrected chi connectivity index (χ0v) is 17.1. The molecule has 0 aliphatic carbocycles. The van der Waals surface area contributed by atoms with Gasteiger partial charge in [0.25, 0.3) is 0 Å². The summed E-state index contributed by atoms with van der Waals surface area (Å²) < 4.78 is 0. The molecule has 0 radical (unpaired) electrons. The van der Waals surface area contributed by atoms with Crippen molar-refractivity contribution in [2.45, 2.75) is 10.8 Å². The van der Waals surface area contributed by atoms with E-state index in [1.807, 2.05) is 24.3 Å². The molecular formula is C21H14N4S3. The maximum Gasteiger partial charge on any atom is 0.142 e. The van der Waals surface area contributed by atoms with Gasteiger partial charge in [-0.2, -0.15) is 0 Å². The quantitative estimate of drug-likeness (QED) is 0.252. The molecule has 0 saturated heterocycles. The molecular weight excluding hydrogens is 404 g/mol. The second-order valence-corrected chi connectivity index (χ2v) is 8.70. The third-order valence-corrected chi connectivity index (χ3v) is 7.04. The fraction of sp³-hybridized carbons (Fsp3) is 0.0476. The van der Waals surface area contributed by atoms with Gasteiger partial charge in [-0.25, -0.2) is 15.0 Å². The van der Waals surface area contributed by atoms with E-state index in [1.54, 1.807) is 47.0 Å². The van der Waals surface area contributed by atoms with Crippen LogP contribution in [0.3, 0.4) is 0 Å². The Morgan fingerprint density at radius 2 is 1.75 bits per heavy atom. The van der Waals surface area contributed by atoms with Gasteiger partial charge in [-0.3, -0.25) is 4.98 Å². The third-order valence-electron chi connectivity index (χ3n) is 4.21. The van der Waals surface area contributed by atoms with Crippen molar-refractivity contribution in [2.75, 3.05) is 0 Å². The highest BCUT2D eigenvalue weighted by Crippen LogP contribution is 2.38. The monoisotopic (exact) mass is 418 g/mol. The number of thiophene rings is 1. The van der Waals surface area contributed by atoms with Gasteiger partial charge in [-0.05, 0) is 17.7 Å². The summed E-state index contributed by atoms with van der Waals surface area (Å²) >= 11 is 4.99. The Hall–Kier alpha value is -2.61. The maximum absolute atomic E-state index is 4.74. The number of rotatable bonds is 5. The molecule has 1 aromatic carbocycles. The smallest absolute Gasteiger partial charge is 0.142 e. The van der Waals surface area contributed by atoms with Crippen molar-refractivity contribution in [3.63, 3.8) is 0 Å². The van der Waals surface area contributed by atoms with Gasteiger partial charge < -0.3 is 0 Å². The van der Waals surface area contributed by atoms with E-state index in [0.29, 0.717) is 0 Å². The summed E-state index contributed by atoms with van der Waals surface area (Å²) in [5, 5.41) is 7.34. The number of hydrogen-bond acceptors (Lipinski definition) is 7. The second kappa shape index (κ2) is 7.79. The molecule has 4 heterocycles. The number of nitrogens with zero attached hydrogens (tertiary/aromatic N) is 4. The molecule has 0 aliphatic heterocycles. The van der Waals surface area contributed by atoms with Gasteiger partial charge >= 0.3 is 0 Å². The van der Waals surface area contributed by atoms with E-state index in [-0.39, 0.29) is 0 Å². The molecule has 7 heteroatoms. The summed E-state index contributed by atoms with van der Waals surface area (Å²) in [5.41, 5.74) is 4.34. The van der Waals surface area contributed by atoms with Gasteiger partial charge in [0.15, 0.2) is 0 Å². The maximum atomic E-state index is 4.74. The third kappa shape index (κ3) is 3.44. The fourth-order valence-electron chi connectivity index (χ4n) is 2.91. The van der Waals surface area contributed by atoms with Crippen LogP contribution in [0.15, 0.2) is 76.8 Å². The molecule has 4 aromatic heterocycles. The number of aromatic nitrogens is 4. The van der Waals surface area contributed by atoms with Crippen LogP contribution in [-0.2, 0) is 5.75 Å². The minimum atomic E-state index is 0.763. The van der Waals surface area contributed by atoms with E-state index >= 15 is 0 Å². The largest absolute Gasteiger partial charge is 0.254 e. The van der Waals surface area contributed by atoms with Crippen LogP contribution in [0.1, 0.15) is 5.69 Å². The van der Waals surface area contributed by atoms with Gasteiger partial charge in [-0.15, -0.1) is 22.7 Å². The summed E-state index contributed by atoms with van der Waals surface area (Å²) in [6.45, 7) is 0. The van der Waals surface area contributed by atoms with Gasteiger partial charge in [0.2, 0.25) is 0 Å². The van der Waals surface area contributed by atoms with Crippen molar-refractivity contribution >= 4 is 44.7 Å². The predicted molar refractivity (Wildman–Crippen MR) is 118 cm³/mol. The van der Waals surface area contributed by atoms with Gasteiger partial charge in [-0.1, -0.05) is 48.2 Å². The summed E-state index contributed by atoms with van der Waals surface area (Å²) in [7, 11) is 0. The molecule has 4 nitrogen and oxygen atoms in total. The lowest BCUT2D eigenvalue weighted by molar-refractivity contribution is 1.10. The molecule has 0 saturated carbocycles. The Morgan fingerprint density at radius 3 is 2.61 bits per heavy atom. The van der Waals surface area contributed by atoms with Crippen LogP contribution in [0.5, 0.6) is 0 Å². The number of fused-ring (bicyclic) bond motifs is 1. The van der Waals surface area contributed by atoms with Crippen molar-refractivity contribution in [3.8, 4) is 21.8 Å². The Balaban J connectivity index is 1.43. The minimum Gasteiger partial charge on any atom is -0.254 e. The molecule has 0 N–H and O–H groups in total. The molecule has 0 bridgehead atoms. The highest BCUT2D eigenvalue weighted by molar-refractivity contribution is 7.98. The summed E-state index contributed by atoms with van der Waals surface area (Å²) in [5.74, 6) is 0.763. The lowest BCUT2D eigenvalue weighted by atomic mass is 10.1. The molecule has 28 heavy (non-hydrogen) atoms. The number of benzene rings is 1. The number of thioether (sulfide) groups is 1. The van der Waals surface area contributed by atoms with Gasteiger partial charge in [0.1, 0.15) is 21.2 Å². The molecule has 0 unspecified atom stereocenters. The second-order valence-electron chi connectivity index (χ2n) is 6.02. The van der Waals surface area contributed by atoms with E-state index in [2.05, 4.69) is 50.0 Å². The first-order valence-electron chi connectivity index (χ1n) is 8.65. The molecule has 0 atom stereocenters. The predicted octanol–water partition coefficient (Wildman–Crippen LogP) is 6.17. The topological polar surface area (TPSA) is 51.6 Å². The van der Waals surface area contributed by atoms with E-state index in [1.165, 1.54) is 11.1 Å². The molecule has 5 rings (SSSR count). The van der Waals surface area contributed by atoms with Crippen LogP contribution in [0.2, 0.25) is 0 Å². The number of pyridine rings is 1. The van der Waals surface area contributed by atoms with Crippen LogP contribution < -0.4 is 0 Å². The van der Waals surface area contributed by atoms with Crippen molar-refractivity contribution in [1.82, 2.24) is 19.9 Å². The zero-order valence-electron chi connectivity index (χ0n) is 14.6. The van der Waals surface area contributed by atoms with E-state index in [4.69, 9.17) is 4.98 Å². The van der Waals surface area contributed by atoms with Crippen molar-refractivity contribution in [2.24, 2.45) is 0 Å². The minimum absolute atomic E-state index is 0.763. The number of thiazole rings is 1. The van der Waals surface area contributed by atoms with Crippen LogP contribution in [-0.4, -0.2) is 19.9 Å². The van der Waals surface area contributed by atoms with Crippen molar-refractivity contribution < 1.29 is 0 Å². The van der Waals surface area contributed by atoms with Crippen LogP contribution >= 0.6 is 34.4 Å².